The first-order valence-corrected chi connectivity index (χ1v) is 5.08. The van der Waals surface area contributed by atoms with E-state index in [9.17, 15) is 4.79 Å². The van der Waals surface area contributed by atoms with Gasteiger partial charge in [-0.1, -0.05) is 18.2 Å². The van der Waals surface area contributed by atoms with Crippen LogP contribution in [-0.2, 0) is 11.2 Å². The number of fused-ring (bicyclic) bond motifs is 1. The molecular formula is C13H13NO. The molecule has 2 aromatic rings. The molecule has 2 nitrogen and oxygen atoms in total. The van der Waals surface area contributed by atoms with Crippen molar-refractivity contribution >= 4 is 16.6 Å². The summed E-state index contributed by atoms with van der Waals surface area (Å²) >= 11 is 0. The van der Waals surface area contributed by atoms with E-state index in [0.29, 0.717) is 6.42 Å². The molecule has 76 valence electrons. The van der Waals surface area contributed by atoms with Crippen LogP contribution in [0.3, 0.4) is 0 Å². The summed E-state index contributed by atoms with van der Waals surface area (Å²) in [4.78, 5) is 15.1. The van der Waals surface area contributed by atoms with Crippen LogP contribution in [0.1, 0.15) is 18.9 Å². The molecule has 0 amide bonds. The van der Waals surface area contributed by atoms with Gasteiger partial charge in [0.2, 0.25) is 0 Å². The fourth-order valence-corrected chi connectivity index (χ4v) is 1.71. The molecule has 1 aromatic heterocycles. The van der Waals surface area contributed by atoms with Gasteiger partial charge in [-0.15, -0.1) is 0 Å². The predicted octanol–water partition coefficient (Wildman–Crippen LogP) is 2.76. The highest BCUT2D eigenvalue weighted by atomic mass is 16.1. The van der Waals surface area contributed by atoms with Crippen molar-refractivity contribution in [2.24, 2.45) is 0 Å². The van der Waals surface area contributed by atoms with E-state index < -0.39 is 0 Å². The lowest BCUT2D eigenvalue weighted by Crippen LogP contribution is -1.94. The average Bonchev–Trinajstić information content (AvgIpc) is 2.26. The van der Waals surface area contributed by atoms with Crippen molar-refractivity contribution in [3.05, 3.63) is 42.2 Å². The predicted molar refractivity (Wildman–Crippen MR) is 60.7 cm³/mol. The second kappa shape index (κ2) is 4.22. The first-order chi connectivity index (χ1) is 7.27. The number of hydrogen-bond acceptors (Lipinski definition) is 2. The summed E-state index contributed by atoms with van der Waals surface area (Å²) in [6.07, 6.45) is 5.06. The van der Waals surface area contributed by atoms with Gasteiger partial charge in [0.05, 0.1) is 0 Å². The van der Waals surface area contributed by atoms with Crippen LogP contribution in [-0.4, -0.2) is 10.8 Å². The quantitative estimate of drug-likeness (QED) is 0.760. The zero-order valence-electron chi connectivity index (χ0n) is 8.73. The summed E-state index contributed by atoms with van der Waals surface area (Å²) in [5, 5.41) is 2.34. The van der Waals surface area contributed by atoms with E-state index in [4.69, 9.17) is 0 Å². The van der Waals surface area contributed by atoms with Gasteiger partial charge in [0.1, 0.15) is 5.78 Å². The number of Topliss-reactive ketones (excluding diaryl/α,β-unsaturated/α-hetero) is 1. The SMILES string of the molecule is CC(=O)CCc1cccc2ccncc12. The molecule has 15 heavy (non-hydrogen) atoms. The van der Waals surface area contributed by atoms with Crippen LogP contribution in [0.25, 0.3) is 10.8 Å². The fourth-order valence-electron chi connectivity index (χ4n) is 1.71. The Labute approximate surface area is 89.0 Å². The number of nitrogens with zero attached hydrogens (tertiary/aromatic N) is 1. The molecule has 0 saturated heterocycles. The lowest BCUT2D eigenvalue weighted by molar-refractivity contribution is -0.116. The van der Waals surface area contributed by atoms with Gasteiger partial charge < -0.3 is 4.79 Å². The minimum Gasteiger partial charge on any atom is -0.300 e. The largest absolute Gasteiger partial charge is 0.300 e. The molecular weight excluding hydrogens is 186 g/mol. The van der Waals surface area contributed by atoms with Gasteiger partial charge in [0, 0.05) is 24.2 Å². The van der Waals surface area contributed by atoms with E-state index in [1.54, 1.807) is 13.1 Å². The summed E-state index contributed by atoms with van der Waals surface area (Å²) in [5.74, 6) is 0.232. The summed E-state index contributed by atoms with van der Waals surface area (Å²) in [6.45, 7) is 1.63. The minimum atomic E-state index is 0.232. The van der Waals surface area contributed by atoms with E-state index in [1.165, 1.54) is 10.9 Å². The Morgan fingerprint density at radius 1 is 1.33 bits per heavy atom. The normalized spacial score (nSPS) is 10.5. The molecule has 0 aliphatic heterocycles. The van der Waals surface area contributed by atoms with Crippen LogP contribution < -0.4 is 0 Å². The van der Waals surface area contributed by atoms with Crippen molar-refractivity contribution in [3.8, 4) is 0 Å². The van der Waals surface area contributed by atoms with Crippen LogP contribution in [0.15, 0.2) is 36.7 Å². The van der Waals surface area contributed by atoms with Crippen molar-refractivity contribution in [2.75, 3.05) is 0 Å². The Bertz CT molecular complexity index is 485. The number of carbonyl (C=O) groups is 1. The van der Waals surface area contributed by atoms with E-state index in [-0.39, 0.29) is 5.78 Å². The lowest BCUT2D eigenvalue weighted by atomic mass is 10.0. The molecule has 0 unspecified atom stereocenters. The maximum Gasteiger partial charge on any atom is 0.130 e. The van der Waals surface area contributed by atoms with E-state index >= 15 is 0 Å². The Balaban J connectivity index is 2.38. The van der Waals surface area contributed by atoms with Gasteiger partial charge in [-0.25, -0.2) is 0 Å². The number of pyridine rings is 1. The molecule has 2 heteroatoms. The first kappa shape index (κ1) is 9.84. The van der Waals surface area contributed by atoms with Gasteiger partial charge >= 0.3 is 0 Å². The average molecular weight is 199 g/mol. The number of hydrogen-bond donors (Lipinski definition) is 0. The second-order valence-corrected chi connectivity index (χ2v) is 3.72. The Kier molecular flexibility index (Phi) is 2.77. The van der Waals surface area contributed by atoms with Crippen molar-refractivity contribution in [2.45, 2.75) is 19.8 Å². The van der Waals surface area contributed by atoms with Crippen molar-refractivity contribution in [1.29, 1.82) is 0 Å². The van der Waals surface area contributed by atoms with E-state index in [0.717, 1.165) is 11.8 Å². The number of rotatable bonds is 3. The van der Waals surface area contributed by atoms with Gasteiger partial charge in [0.25, 0.3) is 0 Å². The van der Waals surface area contributed by atoms with Gasteiger partial charge in [-0.05, 0) is 30.4 Å². The number of aromatic nitrogens is 1. The van der Waals surface area contributed by atoms with Crippen LogP contribution in [0.4, 0.5) is 0 Å². The van der Waals surface area contributed by atoms with Crippen molar-refractivity contribution in [3.63, 3.8) is 0 Å². The Morgan fingerprint density at radius 2 is 2.20 bits per heavy atom. The molecule has 0 saturated carbocycles. The number of benzene rings is 1. The smallest absolute Gasteiger partial charge is 0.130 e. The highest BCUT2D eigenvalue weighted by Gasteiger charge is 2.01. The molecule has 1 heterocycles. The summed E-state index contributed by atoms with van der Waals surface area (Å²) in [7, 11) is 0. The molecule has 0 fully saturated rings. The number of carbonyl (C=O) groups excluding carboxylic acids is 1. The van der Waals surface area contributed by atoms with Crippen LogP contribution in [0.2, 0.25) is 0 Å². The molecule has 0 aliphatic carbocycles. The molecule has 0 spiro atoms. The molecule has 1 aromatic carbocycles. The van der Waals surface area contributed by atoms with E-state index in [2.05, 4.69) is 17.1 Å². The zero-order valence-corrected chi connectivity index (χ0v) is 8.73. The fraction of sp³-hybridized carbons (Fsp3) is 0.231. The van der Waals surface area contributed by atoms with E-state index in [1.807, 2.05) is 18.3 Å². The molecule has 0 aliphatic rings. The van der Waals surface area contributed by atoms with Gasteiger partial charge in [-0.3, -0.25) is 4.98 Å². The number of aryl methyl sites for hydroxylation is 1. The molecule has 2 rings (SSSR count). The third-order valence-corrected chi connectivity index (χ3v) is 2.52. The van der Waals surface area contributed by atoms with Crippen molar-refractivity contribution in [1.82, 2.24) is 4.98 Å². The number of ketones is 1. The summed E-state index contributed by atoms with van der Waals surface area (Å²) in [5.41, 5.74) is 1.20. The molecule has 0 bridgehead atoms. The second-order valence-electron chi connectivity index (χ2n) is 3.72. The molecule has 0 radical (unpaired) electrons. The van der Waals surface area contributed by atoms with Crippen LogP contribution in [0, 0.1) is 0 Å². The molecule has 0 atom stereocenters. The Morgan fingerprint density at radius 3 is 3.00 bits per heavy atom. The summed E-state index contributed by atoms with van der Waals surface area (Å²) < 4.78 is 0. The van der Waals surface area contributed by atoms with Crippen LogP contribution >= 0.6 is 0 Å². The van der Waals surface area contributed by atoms with Gasteiger partial charge in [-0.2, -0.15) is 0 Å². The maximum absolute atomic E-state index is 10.9. The first-order valence-electron chi connectivity index (χ1n) is 5.08. The highest BCUT2D eigenvalue weighted by molar-refractivity contribution is 5.85. The summed E-state index contributed by atoms with van der Waals surface area (Å²) in [6, 6.07) is 8.14. The molecule has 0 N–H and O–H groups in total. The maximum atomic E-state index is 10.9. The third-order valence-electron chi connectivity index (χ3n) is 2.52. The third kappa shape index (κ3) is 2.21. The topological polar surface area (TPSA) is 30.0 Å². The van der Waals surface area contributed by atoms with Gasteiger partial charge in [0.15, 0.2) is 0 Å². The Hall–Kier alpha value is -1.70. The zero-order chi connectivity index (χ0) is 10.7. The standard InChI is InChI=1S/C13H13NO/c1-10(15)5-6-11-3-2-4-12-7-8-14-9-13(11)12/h2-4,7-9H,5-6H2,1H3. The van der Waals surface area contributed by atoms with Crippen LogP contribution in [0.5, 0.6) is 0 Å². The van der Waals surface area contributed by atoms with Crippen molar-refractivity contribution < 1.29 is 4.79 Å². The highest BCUT2D eigenvalue weighted by Crippen LogP contribution is 2.18. The lowest BCUT2D eigenvalue weighted by Gasteiger charge is -2.04. The minimum absolute atomic E-state index is 0.232. The monoisotopic (exact) mass is 199 g/mol.